The predicted octanol–water partition coefficient (Wildman–Crippen LogP) is 5.10. The van der Waals surface area contributed by atoms with Gasteiger partial charge in [-0.3, -0.25) is 0 Å². The number of unbranched alkanes of at least 4 members (excludes halogenated alkanes) is 1. The first-order chi connectivity index (χ1) is 10.9. The molecule has 0 saturated carbocycles. The van der Waals surface area contributed by atoms with Gasteiger partial charge in [-0.2, -0.15) is 0 Å². The molecule has 0 aliphatic carbocycles. The molecule has 0 aliphatic rings. The van der Waals surface area contributed by atoms with Gasteiger partial charge in [0.2, 0.25) is 0 Å². The van der Waals surface area contributed by atoms with Gasteiger partial charge in [-0.05, 0) is 21.9 Å². The second-order valence-electron chi connectivity index (χ2n) is 5.62. The van der Waals surface area contributed by atoms with Crippen molar-refractivity contribution in [3.05, 3.63) is 78.1 Å². The zero-order valence-corrected chi connectivity index (χ0v) is 13.1. The molecular weight excluding hydrogens is 266 g/mol. The van der Waals surface area contributed by atoms with E-state index < -0.39 is 0 Å². The monoisotopic (exact) mass is 288 g/mol. The smallest absolute Gasteiger partial charge is 0.169 e. The molecule has 0 amide bonds. The molecule has 1 heteroatoms. The van der Waals surface area contributed by atoms with Crippen LogP contribution in [0.25, 0.3) is 22.9 Å². The van der Waals surface area contributed by atoms with Gasteiger partial charge in [0.15, 0.2) is 12.4 Å². The summed E-state index contributed by atoms with van der Waals surface area (Å²) in [5, 5.41) is 2.59. The lowest BCUT2D eigenvalue weighted by molar-refractivity contribution is -0.697. The number of hydrogen-bond donors (Lipinski definition) is 0. The van der Waals surface area contributed by atoms with Gasteiger partial charge in [-0.1, -0.05) is 68.0 Å². The van der Waals surface area contributed by atoms with Crippen LogP contribution in [0, 0.1) is 0 Å². The Hall–Kier alpha value is -2.41. The molecule has 1 aromatic heterocycles. The van der Waals surface area contributed by atoms with E-state index in [0.717, 1.165) is 6.54 Å². The zero-order valence-electron chi connectivity index (χ0n) is 13.1. The molecule has 0 fully saturated rings. The van der Waals surface area contributed by atoms with Crippen molar-refractivity contribution in [3.8, 4) is 0 Å². The Kier molecular flexibility index (Phi) is 4.65. The first-order valence-electron chi connectivity index (χ1n) is 8.02. The molecule has 0 unspecified atom stereocenters. The maximum Gasteiger partial charge on any atom is 0.169 e. The molecule has 0 bridgehead atoms. The molecule has 0 N–H and O–H groups in total. The summed E-state index contributed by atoms with van der Waals surface area (Å²) < 4.78 is 2.25. The Balaban J connectivity index is 1.81. The normalized spacial score (nSPS) is 11.3. The number of hydrogen-bond acceptors (Lipinski definition) is 0. The summed E-state index contributed by atoms with van der Waals surface area (Å²) >= 11 is 0. The fourth-order valence-corrected chi connectivity index (χ4v) is 2.65. The van der Waals surface area contributed by atoms with Gasteiger partial charge < -0.3 is 0 Å². The molecule has 1 nitrogen and oxygen atoms in total. The summed E-state index contributed by atoms with van der Waals surface area (Å²) in [7, 11) is 0. The molecule has 0 spiro atoms. The lowest BCUT2D eigenvalue weighted by atomic mass is 10.0. The molecule has 0 saturated heterocycles. The molecule has 3 rings (SSSR count). The van der Waals surface area contributed by atoms with Gasteiger partial charge in [0.05, 0.1) is 0 Å². The van der Waals surface area contributed by atoms with E-state index in [1.54, 1.807) is 0 Å². The van der Waals surface area contributed by atoms with Crippen molar-refractivity contribution in [1.29, 1.82) is 0 Å². The van der Waals surface area contributed by atoms with Gasteiger partial charge in [0.25, 0.3) is 0 Å². The Morgan fingerprint density at radius 2 is 1.64 bits per heavy atom. The number of benzene rings is 2. The quantitative estimate of drug-likeness (QED) is 0.575. The fourth-order valence-electron chi connectivity index (χ4n) is 2.65. The van der Waals surface area contributed by atoms with Crippen LogP contribution in [0.15, 0.2) is 67.0 Å². The third-order valence-electron chi connectivity index (χ3n) is 3.97. The van der Waals surface area contributed by atoms with E-state index in [1.807, 2.05) is 0 Å². The number of aromatic nitrogens is 1. The van der Waals surface area contributed by atoms with Gasteiger partial charge in [-0.25, -0.2) is 4.57 Å². The molecule has 110 valence electrons. The van der Waals surface area contributed by atoms with E-state index in [9.17, 15) is 0 Å². The van der Waals surface area contributed by atoms with Crippen LogP contribution in [0.5, 0.6) is 0 Å². The largest absolute Gasteiger partial charge is 0.205 e. The number of pyridine rings is 1. The van der Waals surface area contributed by atoms with Gasteiger partial charge in [-0.15, -0.1) is 0 Å². The highest BCUT2D eigenvalue weighted by Crippen LogP contribution is 2.20. The van der Waals surface area contributed by atoms with Crippen LogP contribution in [-0.4, -0.2) is 0 Å². The second kappa shape index (κ2) is 7.04. The summed E-state index contributed by atoms with van der Waals surface area (Å²) in [6.45, 7) is 3.33. The lowest BCUT2D eigenvalue weighted by Gasteiger charge is -2.01. The van der Waals surface area contributed by atoms with E-state index in [-0.39, 0.29) is 0 Å². The van der Waals surface area contributed by atoms with Gasteiger partial charge >= 0.3 is 0 Å². The Morgan fingerprint density at radius 3 is 2.45 bits per heavy atom. The summed E-state index contributed by atoms with van der Waals surface area (Å²) in [6, 6.07) is 19.3. The topological polar surface area (TPSA) is 3.88 Å². The second-order valence-corrected chi connectivity index (χ2v) is 5.62. The van der Waals surface area contributed by atoms with E-state index in [0.29, 0.717) is 0 Å². The highest BCUT2D eigenvalue weighted by molar-refractivity contribution is 5.92. The van der Waals surface area contributed by atoms with Crippen LogP contribution in [0.4, 0.5) is 0 Å². The lowest BCUT2D eigenvalue weighted by Crippen LogP contribution is -2.32. The standard InChI is InChI=1S/C21H22N/c1-2-3-15-22-16-13-18(14-17-22)11-12-20-9-6-8-19-7-4-5-10-21(19)20/h4-14,16-17H,2-3,15H2,1H3/q+1/b12-11+. The van der Waals surface area contributed by atoms with E-state index in [1.165, 1.54) is 34.7 Å². The van der Waals surface area contributed by atoms with Crippen LogP contribution < -0.4 is 4.57 Å². The van der Waals surface area contributed by atoms with E-state index in [2.05, 4.69) is 90.6 Å². The van der Waals surface area contributed by atoms with E-state index >= 15 is 0 Å². The van der Waals surface area contributed by atoms with Crippen molar-refractivity contribution in [2.75, 3.05) is 0 Å². The van der Waals surface area contributed by atoms with Crippen molar-refractivity contribution >= 4 is 22.9 Å². The maximum atomic E-state index is 2.25. The Morgan fingerprint density at radius 1 is 0.864 bits per heavy atom. The minimum absolute atomic E-state index is 1.10. The average molecular weight is 288 g/mol. The Bertz CT molecular complexity index is 764. The van der Waals surface area contributed by atoms with Crippen LogP contribution >= 0.6 is 0 Å². The molecule has 3 aromatic rings. The number of aryl methyl sites for hydroxylation is 1. The van der Waals surface area contributed by atoms with Gasteiger partial charge in [0.1, 0.15) is 6.54 Å². The molecule has 0 aliphatic heterocycles. The van der Waals surface area contributed by atoms with Crippen molar-refractivity contribution in [2.24, 2.45) is 0 Å². The van der Waals surface area contributed by atoms with Crippen LogP contribution in [0.3, 0.4) is 0 Å². The summed E-state index contributed by atoms with van der Waals surface area (Å²) in [5.74, 6) is 0. The summed E-state index contributed by atoms with van der Waals surface area (Å²) in [5.41, 5.74) is 2.50. The maximum absolute atomic E-state index is 2.25. The molecule has 1 heterocycles. The van der Waals surface area contributed by atoms with E-state index in [4.69, 9.17) is 0 Å². The Labute approximate surface area is 132 Å². The third kappa shape index (κ3) is 3.43. The van der Waals surface area contributed by atoms with Crippen LogP contribution in [0.2, 0.25) is 0 Å². The SMILES string of the molecule is CCCC[n+]1ccc(/C=C/c2cccc3ccccc23)cc1. The third-order valence-corrected chi connectivity index (χ3v) is 3.97. The summed E-state index contributed by atoms with van der Waals surface area (Å²) in [6.07, 6.45) is 11.2. The average Bonchev–Trinajstić information content (AvgIpc) is 2.59. The van der Waals surface area contributed by atoms with Crippen LogP contribution in [0.1, 0.15) is 30.9 Å². The molecule has 0 radical (unpaired) electrons. The van der Waals surface area contributed by atoms with Crippen molar-refractivity contribution in [1.82, 2.24) is 0 Å². The number of rotatable bonds is 5. The zero-order chi connectivity index (χ0) is 15.2. The van der Waals surface area contributed by atoms with Crippen LogP contribution in [-0.2, 0) is 6.54 Å². The van der Waals surface area contributed by atoms with Gasteiger partial charge in [0, 0.05) is 18.6 Å². The summed E-state index contributed by atoms with van der Waals surface area (Å²) in [4.78, 5) is 0. The minimum Gasteiger partial charge on any atom is -0.205 e. The number of nitrogens with zero attached hydrogens (tertiary/aromatic N) is 1. The molecule has 22 heavy (non-hydrogen) atoms. The molecule has 2 aromatic carbocycles. The first kappa shape index (κ1) is 14.5. The highest BCUT2D eigenvalue weighted by Gasteiger charge is 1.99. The van der Waals surface area contributed by atoms with Crippen molar-refractivity contribution < 1.29 is 4.57 Å². The molecular formula is C21H22N+. The number of fused-ring (bicyclic) bond motifs is 1. The fraction of sp³-hybridized carbons (Fsp3) is 0.190. The minimum atomic E-state index is 1.10. The molecule has 0 atom stereocenters. The van der Waals surface area contributed by atoms with Crippen molar-refractivity contribution in [3.63, 3.8) is 0 Å². The van der Waals surface area contributed by atoms with Crippen molar-refractivity contribution in [2.45, 2.75) is 26.3 Å². The highest BCUT2D eigenvalue weighted by atomic mass is 14.9. The predicted molar refractivity (Wildman–Crippen MR) is 94.4 cm³/mol. The first-order valence-corrected chi connectivity index (χ1v) is 8.02.